The Balaban J connectivity index is 1.34. The first-order valence-corrected chi connectivity index (χ1v) is 11.0. The van der Waals surface area contributed by atoms with Gasteiger partial charge in [-0.25, -0.2) is 0 Å². The molecule has 0 bridgehead atoms. The molecule has 0 saturated heterocycles. The summed E-state index contributed by atoms with van der Waals surface area (Å²) >= 11 is 0. The SMILES string of the molecule is CC(C)(c1ccccc1)c1noc(NC(=O)c2ccc(OC3CCC(C(=O)O)CC3)cc2)n1. The van der Waals surface area contributed by atoms with Crippen LogP contribution in [0.2, 0.25) is 0 Å². The summed E-state index contributed by atoms with van der Waals surface area (Å²) in [6, 6.07) is 16.7. The van der Waals surface area contributed by atoms with Gasteiger partial charge in [0, 0.05) is 5.56 Å². The highest BCUT2D eigenvalue weighted by atomic mass is 16.5. The van der Waals surface area contributed by atoms with E-state index in [9.17, 15) is 9.59 Å². The van der Waals surface area contributed by atoms with Crippen molar-refractivity contribution in [3.8, 4) is 5.75 Å². The molecule has 33 heavy (non-hydrogen) atoms. The quantitative estimate of drug-likeness (QED) is 0.539. The Morgan fingerprint density at radius 1 is 1.03 bits per heavy atom. The van der Waals surface area contributed by atoms with Gasteiger partial charge >= 0.3 is 12.0 Å². The minimum Gasteiger partial charge on any atom is -0.490 e. The minimum atomic E-state index is -0.735. The predicted molar refractivity (Wildman–Crippen MR) is 121 cm³/mol. The lowest BCUT2D eigenvalue weighted by Gasteiger charge is -2.26. The van der Waals surface area contributed by atoms with Crippen molar-refractivity contribution in [1.82, 2.24) is 10.1 Å². The van der Waals surface area contributed by atoms with Crippen molar-refractivity contribution in [2.24, 2.45) is 5.92 Å². The van der Waals surface area contributed by atoms with E-state index in [1.807, 2.05) is 44.2 Å². The summed E-state index contributed by atoms with van der Waals surface area (Å²) in [4.78, 5) is 28.0. The number of carbonyl (C=O) groups is 2. The van der Waals surface area contributed by atoms with Gasteiger partial charge in [-0.2, -0.15) is 4.98 Å². The molecule has 2 aromatic carbocycles. The van der Waals surface area contributed by atoms with Crippen LogP contribution in [0.3, 0.4) is 0 Å². The molecular formula is C25H27N3O5. The van der Waals surface area contributed by atoms with E-state index in [1.165, 1.54) is 0 Å². The van der Waals surface area contributed by atoms with Crippen LogP contribution in [-0.2, 0) is 10.2 Å². The van der Waals surface area contributed by atoms with Crippen LogP contribution in [0.1, 0.15) is 61.3 Å². The molecule has 1 heterocycles. The third-order valence-electron chi connectivity index (χ3n) is 6.14. The van der Waals surface area contributed by atoms with Gasteiger partial charge < -0.3 is 14.4 Å². The van der Waals surface area contributed by atoms with Crippen molar-refractivity contribution in [1.29, 1.82) is 0 Å². The van der Waals surface area contributed by atoms with Gasteiger partial charge in [-0.05, 0) is 69.4 Å². The highest BCUT2D eigenvalue weighted by molar-refractivity contribution is 6.03. The fraction of sp³-hybridized carbons (Fsp3) is 0.360. The van der Waals surface area contributed by atoms with E-state index in [0.717, 1.165) is 5.56 Å². The summed E-state index contributed by atoms with van der Waals surface area (Å²) < 4.78 is 11.2. The van der Waals surface area contributed by atoms with Crippen LogP contribution in [0.4, 0.5) is 6.01 Å². The number of ether oxygens (including phenoxy) is 1. The van der Waals surface area contributed by atoms with E-state index >= 15 is 0 Å². The molecule has 0 radical (unpaired) electrons. The average Bonchev–Trinajstić information content (AvgIpc) is 3.30. The highest BCUT2D eigenvalue weighted by Crippen LogP contribution is 2.30. The Hall–Kier alpha value is -3.68. The highest BCUT2D eigenvalue weighted by Gasteiger charge is 2.29. The number of carboxylic acid groups (broad SMARTS) is 1. The molecule has 1 fully saturated rings. The summed E-state index contributed by atoms with van der Waals surface area (Å²) in [5, 5.41) is 15.8. The van der Waals surface area contributed by atoms with Crippen molar-refractivity contribution in [2.75, 3.05) is 5.32 Å². The molecular weight excluding hydrogens is 422 g/mol. The molecule has 8 heteroatoms. The molecule has 1 saturated carbocycles. The molecule has 0 spiro atoms. The maximum atomic E-state index is 12.6. The number of nitrogens with one attached hydrogen (secondary N) is 1. The lowest BCUT2D eigenvalue weighted by molar-refractivity contribution is -0.143. The number of rotatable bonds is 7. The Bertz CT molecular complexity index is 1100. The summed E-state index contributed by atoms with van der Waals surface area (Å²) in [7, 11) is 0. The van der Waals surface area contributed by atoms with E-state index in [-0.39, 0.29) is 23.9 Å². The zero-order chi connectivity index (χ0) is 23.4. The molecule has 1 aromatic heterocycles. The number of carboxylic acids is 1. The second-order valence-electron chi connectivity index (χ2n) is 8.82. The molecule has 1 amide bonds. The molecule has 2 N–H and O–H groups in total. The Morgan fingerprint density at radius 2 is 1.70 bits per heavy atom. The van der Waals surface area contributed by atoms with Crippen LogP contribution in [0.5, 0.6) is 5.75 Å². The Labute approximate surface area is 192 Å². The molecule has 172 valence electrons. The third-order valence-corrected chi connectivity index (χ3v) is 6.14. The van der Waals surface area contributed by atoms with Gasteiger partial charge in [0.2, 0.25) is 0 Å². The number of aromatic nitrogens is 2. The van der Waals surface area contributed by atoms with Gasteiger partial charge in [0.25, 0.3) is 5.91 Å². The number of carbonyl (C=O) groups excluding carboxylic acids is 1. The first-order valence-electron chi connectivity index (χ1n) is 11.0. The second-order valence-corrected chi connectivity index (χ2v) is 8.82. The smallest absolute Gasteiger partial charge is 0.328 e. The largest absolute Gasteiger partial charge is 0.490 e. The monoisotopic (exact) mass is 449 g/mol. The summed E-state index contributed by atoms with van der Waals surface area (Å²) in [5.41, 5.74) is 0.991. The second kappa shape index (κ2) is 9.44. The van der Waals surface area contributed by atoms with Crippen LogP contribution in [0, 0.1) is 5.92 Å². The van der Waals surface area contributed by atoms with E-state index in [2.05, 4.69) is 15.5 Å². The van der Waals surface area contributed by atoms with Crippen LogP contribution in [0.25, 0.3) is 0 Å². The number of hydrogen-bond acceptors (Lipinski definition) is 6. The number of nitrogens with zero attached hydrogens (tertiary/aromatic N) is 2. The summed E-state index contributed by atoms with van der Waals surface area (Å²) in [6.45, 7) is 3.98. The first kappa shape index (κ1) is 22.5. The zero-order valence-corrected chi connectivity index (χ0v) is 18.7. The summed E-state index contributed by atoms with van der Waals surface area (Å²) in [6.07, 6.45) is 2.64. The third kappa shape index (κ3) is 5.22. The Morgan fingerprint density at radius 3 is 2.33 bits per heavy atom. The molecule has 8 nitrogen and oxygen atoms in total. The fourth-order valence-electron chi connectivity index (χ4n) is 3.99. The number of anilines is 1. The maximum Gasteiger partial charge on any atom is 0.328 e. The molecule has 0 aliphatic heterocycles. The van der Waals surface area contributed by atoms with Gasteiger partial charge in [0.1, 0.15) is 5.75 Å². The molecule has 3 aromatic rings. The molecule has 1 aliphatic rings. The summed E-state index contributed by atoms with van der Waals surface area (Å²) in [5.74, 6) is -0.253. The lowest BCUT2D eigenvalue weighted by atomic mass is 9.84. The van der Waals surface area contributed by atoms with Crippen LogP contribution >= 0.6 is 0 Å². The van der Waals surface area contributed by atoms with Crippen molar-refractivity contribution in [3.63, 3.8) is 0 Å². The molecule has 1 aliphatic carbocycles. The van der Waals surface area contributed by atoms with E-state index in [4.69, 9.17) is 14.4 Å². The van der Waals surface area contributed by atoms with Gasteiger partial charge in [0.05, 0.1) is 17.4 Å². The topological polar surface area (TPSA) is 115 Å². The van der Waals surface area contributed by atoms with Crippen LogP contribution < -0.4 is 10.1 Å². The fourth-order valence-corrected chi connectivity index (χ4v) is 3.99. The standard InChI is InChI=1S/C25H27N3O5/c1-25(2,18-6-4-3-5-7-18)23-27-24(33-28-23)26-21(29)16-8-12-19(13-9-16)32-20-14-10-17(11-15-20)22(30)31/h3-9,12-13,17,20H,10-11,14-15H2,1-2H3,(H,30,31)(H,26,27,28,29). The van der Waals surface area contributed by atoms with Crippen molar-refractivity contribution >= 4 is 17.9 Å². The van der Waals surface area contributed by atoms with Crippen molar-refractivity contribution in [3.05, 3.63) is 71.5 Å². The molecule has 0 unspecified atom stereocenters. The average molecular weight is 450 g/mol. The van der Waals surface area contributed by atoms with E-state index in [1.54, 1.807) is 24.3 Å². The van der Waals surface area contributed by atoms with Crippen molar-refractivity contribution in [2.45, 2.75) is 51.0 Å². The number of benzene rings is 2. The van der Waals surface area contributed by atoms with Gasteiger partial charge in [0.15, 0.2) is 5.82 Å². The van der Waals surface area contributed by atoms with Crippen LogP contribution in [0.15, 0.2) is 59.1 Å². The van der Waals surface area contributed by atoms with Gasteiger partial charge in [-0.1, -0.05) is 35.5 Å². The van der Waals surface area contributed by atoms with E-state index < -0.39 is 11.4 Å². The maximum absolute atomic E-state index is 12.6. The zero-order valence-electron chi connectivity index (χ0n) is 18.7. The number of hydrogen-bond donors (Lipinski definition) is 2. The normalized spacial score (nSPS) is 18.5. The van der Waals surface area contributed by atoms with Gasteiger partial charge in [-0.3, -0.25) is 14.9 Å². The van der Waals surface area contributed by atoms with Crippen LogP contribution in [-0.4, -0.2) is 33.2 Å². The van der Waals surface area contributed by atoms with Crippen molar-refractivity contribution < 1.29 is 24.0 Å². The molecule has 0 atom stereocenters. The molecule has 4 rings (SSSR count). The number of amides is 1. The van der Waals surface area contributed by atoms with Gasteiger partial charge in [-0.15, -0.1) is 0 Å². The Kier molecular flexibility index (Phi) is 6.44. The van der Waals surface area contributed by atoms with E-state index in [0.29, 0.717) is 42.8 Å². The first-order chi connectivity index (χ1) is 15.8. The minimum absolute atomic E-state index is 0.00920. The number of aliphatic carboxylic acids is 1. The predicted octanol–water partition coefficient (Wildman–Crippen LogP) is 4.67. The lowest BCUT2D eigenvalue weighted by Crippen LogP contribution is -2.27.